The number of hydrogen-bond donors (Lipinski definition) is 2. The van der Waals surface area contributed by atoms with Crippen molar-refractivity contribution in [2.24, 2.45) is 4.99 Å². The van der Waals surface area contributed by atoms with E-state index in [4.69, 9.17) is 0 Å². The zero-order valence-corrected chi connectivity index (χ0v) is 12.7. The van der Waals surface area contributed by atoms with Gasteiger partial charge in [0.25, 0.3) is 0 Å². The normalized spacial score (nSPS) is 11.4. The Labute approximate surface area is 133 Å². The minimum absolute atomic E-state index is 0.291. The summed E-state index contributed by atoms with van der Waals surface area (Å²) in [5.74, 6) is -0.936. The van der Waals surface area contributed by atoms with Crippen LogP contribution in [0.2, 0.25) is 0 Å². The van der Waals surface area contributed by atoms with Crippen LogP contribution in [0.15, 0.2) is 47.5 Å². The van der Waals surface area contributed by atoms with Crippen LogP contribution in [0.25, 0.3) is 0 Å². The summed E-state index contributed by atoms with van der Waals surface area (Å²) >= 11 is 0. The first kappa shape index (κ1) is 16.9. The number of hydrogen-bond acceptors (Lipinski definition) is 1. The summed E-state index contributed by atoms with van der Waals surface area (Å²) in [6, 6.07) is 9.71. The molecule has 0 saturated carbocycles. The molecule has 2 aromatic rings. The molecule has 0 aromatic heterocycles. The summed E-state index contributed by atoms with van der Waals surface area (Å²) in [5.41, 5.74) is 1.36. The topological polar surface area (TPSA) is 36.4 Å². The first-order valence-electron chi connectivity index (χ1n) is 7.21. The van der Waals surface area contributed by atoms with Gasteiger partial charge in [0.2, 0.25) is 0 Å². The highest BCUT2D eigenvalue weighted by Crippen LogP contribution is 2.08. The van der Waals surface area contributed by atoms with Crippen molar-refractivity contribution in [2.45, 2.75) is 13.0 Å². The molecule has 0 saturated heterocycles. The zero-order chi connectivity index (χ0) is 16.7. The number of nitrogens with one attached hydrogen (secondary N) is 2. The third-order valence-corrected chi connectivity index (χ3v) is 3.20. The van der Waals surface area contributed by atoms with Crippen LogP contribution in [0, 0.1) is 17.5 Å². The second kappa shape index (κ2) is 8.22. The molecule has 2 rings (SSSR count). The van der Waals surface area contributed by atoms with Gasteiger partial charge in [-0.3, -0.25) is 4.99 Å². The van der Waals surface area contributed by atoms with Crippen molar-refractivity contribution >= 4 is 5.96 Å². The van der Waals surface area contributed by atoms with E-state index >= 15 is 0 Å². The first-order chi connectivity index (χ1) is 11.1. The molecule has 0 aliphatic carbocycles. The molecule has 0 amide bonds. The molecule has 23 heavy (non-hydrogen) atoms. The van der Waals surface area contributed by atoms with Gasteiger partial charge in [-0.1, -0.05) is 12.1 Å². The predicted octanol–water partition coefficient (Wildman–Crippen LogP) is 3.01. The molecule has 0 heterocycles. The minimum atomic E-state index is -0.589. The molecule has 0 atom stereocenters. The molecule has 2 aromatic carbocycles. The highest BCUT2D eigenvalue weighted by Gasteiger charge is 2.02. The van der Waals surface area contributed by atoms with Gasteiger partial charge >= 0.3 is 0 Å². The summed E-state index contributed by atoms with van der Waals surface area (Å²) in [4.78, 5) is 4.04. The summed E-state index contributed by atoms with van der Waals surface area (Å²) in [6.45, 7) is 0.887. The lowest BCUT2D eigenvalue weighted by molar-refractivity contribution is 0.579. The Morgan fingerprint density at radius 3 is 2.26 bits per heavy atom. The predicted molar refractivity (Wildman–Crippen MR) is 84.7 cm³/mol. The van der Waals surface area contributed by atoms with E-state index in [-0.39, 0.29) is 5.82 Å². The average Bonchev–Trinajstić information content (AvgIpc) is 2.50. The van der Waals surface area contributed by atoms with Gasteiger partial charge in [0.15, 0.2) is 5.96 Å². The largest absolute Gasteiger partial charge is 0.356 e. The molecule has 0 bridgehead atoms. The fourth-order valence-electron chi connectivity index (χ4n) is 2.13. The van der Waals surface area contributed by atoms with Crippen molar-refractivity contribution in [3.8, 4) is 0 Å². The van der Waals surface area contributed by atoms with Gasteiger partial charge < -0.3 is 10.6 Å². The van der Waals surface area contributed by atoms with Crippen molar-refractivity contribution in [3.63, 3.8) is 0 Å². The molecule has 122 valence electrons. The van der Waals surface area contributed by atoms with E-state index in [2.05, 4.69) is 15.6 Å². The van der Waals surface area contributed by atoms with Gasteiger partial charge in [0.05, 0.1) is 0 Å². The Morgan fingerprint density at radius 2 is 1.61 bits per heavy atom. The smallest absolute Gasteiger partial charge is 0.191 e. The van der Waals surface area contributed by atoms with Crippen LogP contribution in [0.3, 0.4) is 0 Å². The Hall–Kier alpha value is -2.50. The Bertz CT molecular complexity index is 666. The van der Waals surface area contributed by atoms with Crippen LogP contribution >= 0.6 is 0 Å². The lowest BCUT2D eigenvalue weighted by atomic mass is 10.1. The number of benzene rings is 2. The number of halogens is 3. The van der Waals surface area contributed by atoms with E-state index in [0.29, 0.717) is 31.0 Å². The molecular formula is C17H18F3N3. The van der Waals surface area contributed by atoms with Gasteiger partial charge in [-0.2, -0.15) is 0 Å². The minimum Gasteiger partial charge on any atom is -0.356 e. The van der Waals surface area contributed by atoms with E-state index < -0.39 is 11.6 Å². The third-order valence-electron chi connectivity index (χ3n) is 3.20. The molecule has 0 aliphatic rings. The monoisotopic (exact) mass is 321 g/mol. The highest BCUT2D eigenvalue weighted by atomic mass is 19.1. The zero-order valence-electron chi connectivity index (χ0n) is 12.7. The van der Waals surface area contributed by atoms with Crippen LogP contribution in [-0.2, 0) is 13.0 Å². The van der Waals surface area contributed by atoms with Crippen molar-refractivity contribution in [1.29, 1.82) is 0 Å². The SMILES string of the molecule is CN=C(NCCc1cc(F)cc(F)c1)NCc1cccc(F)c1. The number of aliphatic imine (C=N–C) groups is 1. The molecular weight excluding hydrogens is 303 g/mol. The summed E-state index contributed by atoms with van der Waals surface area (Å²) < 4.78 is 39.3. The molecule has 0 spiro atoms. The quantitative estimate of drug-likeness (QED) is 0.656. The van der Waals surface area contributed by atoms with Crippen LogP contribution in [0.1, 0.15) is 11.1 Å². The van der Waals surface area contributed by atoms with Crippen molar-refractivity contribution in [2.75, 3.05) is 13.6 Å². The summed E-state index contributed by atoms with van der Waals surface area (Å²) in [6.07, 6.45) is 0.454. The second-order valence-corrected chi connectivity index (χ2v) is 5.01. The molecule has 0 radical (unpaired) electrons. The van der Waals surface area contributed by atoms with Crippen molar-refractivity contribution in [1.82, 2.24) is 10.6 Å². The van der Waals surface area contributed by atoms with Crippen molar-refractivity contribution < 1.29 is 13.2 Å². The molecule has 3 nitrogen and oxygen atoms in total. The number of rotatable bonds is 5. The van der Waals surface area contributed by atoms with E-state index in [9.17, 15) is 13.2 Å². The van der Waals surface area contributed by atoms with E-state index in [1.54, 1.807) is 19.2 Å². The summed E-state index contributed by atoms with van der Waals surface area (Å²) in [7, 11) is 1.61. The van der Waals surface area contributed by atoms with Crippen LogP contribution in [-0.4, -0.2) is 19.6 Å². The maximum atomic E-state index is 13.1. The van der Waals surface area contributed by atoms with Crippen molar-refractivity contribution in [3.05, 3.63) is 71.0 Å². The van der Waals surface area contributed by atoms with E-state index in [1.165, 1.54) is 24.3 Å². The molecule has 0 unspecified atom stereocenters. The fraction of sp³-hybridized carbons (Fsp3) is 0.235. The first-order valence-corrected chi connectivity index (χ1v) is 7.21. The standard InChI is InChI=1S/C17H18F3N3/c1-21-17(23-11-13-3-2-4-14(18)9-13)22-6-5-12-7-15(19)10-16(20)8-12/h2-4,7-10H,5-6,11H2,1H3,(H2,21,22,23). The van der Waals surface area contributed by atoms with Crippen LogP contribution in [0.4, 0.5) is 13.2 Å². The van der Waals surface area contributed by atoms with Gasteiger partial charge in [-0.25, -0.2) is 13.2 Å². The van der Waals surface area contributed by atoms with E-state index in [0.717, 1.165) is 11.6 Å². The number of nitrogens with zero attached hydrogens (tertiary/aromatic N) is 1. The van der Waals surface area contributed by atoms with Gasteiger partial charge in [-0.05, 0) is 41.8 Å². The molecule has 0 fully saturated rings. The van der Waals surface area contributed by atoms with Crippen LogP contribution < -0.4 is 10.6 Å². The van der Waals surface area contributed by atoms with Crippen LogP contribution in [0.5, 0.6) is 0 Å². The third kappa shape index (κ3) is 5.65. The second-order valence-electron chi connectivity index (χ2n) is 5.01. The maximum Gasteiger partial charge on any atom is 0.191 e. The Kier molecular flexibility index (Phi) is 6.02. The van der Waals surface area contributed by atoms with E-state index in [1.807, 2.05) is 0 Å². The molecule has 6 heteroatoms. The van der Waals surface area contributed by atoms with Gasteiger partial charge in [-0.15, -0.1) is 0 Å². The van der Waals surface area contributed by atoms with Gasteiger partial charge in [0.1, 0.15) is 17.5 Å². The molecule has 2 N–H and O–H groups in total. The lowest BCUT2D eigenvalue weighted by Gasteiger charge is -2.12. The highest BCUT2D eigenvalue weighted by molar-refractivity contribution is 5.79. The lowest BCUT2D eigenvalue weighted by Crippen LogP contribution is -2.37. The molecule has 0 aliphatic heterocycles. The summed E-state index contributed by atoms with van der Waals surface area (Å²) in [5, 5.41) is 6.09. The Morgan fingerprint density at radius 1 is 0.913 bits per heavy atom. The van der Waals surface area contributed by atoms with Gasteiger partial charge in [0, 0.05) is 26.2 Å². The Balaban J connectivity index is 1.81. The number of guanidine groups is 1. The maximum absolute atomic E-state index is 13.1. The fourth-order valence-corrected chi connectivity index (χ4v) is 2.13. The average molecular weight is 321 g/mol.